The summed E-state index contributed by atoms with van der Waals surface area (Å²) in [5, 5.41) is 3.12. The summed E-state index contributed by atoms with van der Waals surface area (Å²) in [5.41, 5.74) is 0. The molecule has 2 N–H and O–H groups in total. The molecule has 1 saturated heterocycles. The fraction of sp³-hybridized carbons (Fsp3) is 0.889. The number of sulfonamides is 1. The molecule has 0 amide bonds. The molecular formula is C9H18N2O5S. The van der Waals surface area contributed by atoms with E-state index in [-0.39, 0.29) is 24.8 Å². The number of methoxy groups -OCH3 is 1. The van der Waals surface area contributed by atoms with Gasteiger partial charge in [0, 0.05) is 19.1 Å². The van der Waals surface area contributed by atoms with Crippen molar-refractivity contribution in [1.29, 1.82) is 0 Å². The average Bonchev–Trinajstić information content (AvgIpc) is 2.35. The predicted octanol–water partition coefficient (Wildman–Crippen LogP) is -1.54. The lowest BCUT2D eigenvalue weighted by atomic mass is 10.3. The van der Waals surface area contributed by atoms with Crippen LogP contribution in [0, 0.1) is 0 Å². The van der Waals surface area contributed by atoms with Crippen LogP contribution >= 0.6 is 0 Å². The van der Waals surface area contributed by atoms with Crippen molar-refractivity contribution >= 4 is 16.0 Å². The van der Waals surface area contributed by atoms with Gasteiger partial charge in [-0.15, -0.1) is 0 Å². The van der Waals surface area contributed by atoms with Crippen molar-refractivity contribution in [2.75, 3.05) is 39.2 Å². The Bertz CT molecular complexity index is 337. The average molecular weight is 266 g/mol. The van der Waals surface area contributed by atoms with Crippen LogP contribution in [-0.4, -0.2) is 59.6 Å². The highest BCUT2D eigenvalue weighted by Gasteiger charge is 2.18. The van der Waals surface area contributed by atoms with E-state index >= 15 is 0 Å². The molecule has 0 saturated carbocycles. The van der Waals surface area contributed by atoms with E-state index in [2.05, 4.69) is 14.8 Å². The van der Waals surface area contributed by atoms with E-state index in [1.54, 1.807) is 0 Å². The zero-order chi connectivity index (χ0) is 12.7. The smallest absolute Gasteiger partial charge is 0.306 e. The van der Waals surface area contributed by atoms with Gasteiger partial charge in [-0.25, -0.2) is 13.1 Å². The van der Waals surface area contributed by atoms with Crippen molar-refractivity contribution in [2.45, 2.75) is 12.5 Å². The summed E-state index contributed by atoms with van der Waals surface area (Å²) in [4.78, 5) is 10.8. The molecule has 1 heterocycles. The Labute approximate surface area is 101 Å². The van der Waals surface area contributed by atoms with Crippen LogP contribution < -0.4 is 10.0 Å². The third-order valence-electron chi connectivity index (χ3n) is 2.35. The van der Waals surface area contributed by atoms with E-state index in [1.807, 2.05) is 0 Å². The van der Waals surface area contributed by atoms with Gasteiger partial charge < -0.3 is 14.8 Å². The number of esters is 1. The Hall–Kier alpha value is -0.700. The molecule has 7 nitrogen and oxygen atoms in total. The maximum absolute atomic E-state index is 11.5. The first kappa shape index (κ1) is 14.4. The van der Waals surface area contributed by atoms with E-state index in [4.69, 9.17) is 4.74 Å². The number of hydrogen-bond donors (Lipinski definition) is 2. The van der Waals surface area contributed by atoms with Gasteiger partial charge in [0.25, 0.3) is 0 Å². The maximum Gasteiger partial charge on any atom is 0.306 e. The largest absolute Gasteiger partial charge is 0.469 e. The van der Waals surface area contributed by atoms with Crippen LogP contribution in [0.15, 0.2) is 0 Å². The first-order valence-corrected chi connectivity index (χ1v) is 7.04. The van der Waals surface area contributed by atoms with Crippen molar-refractivity contribution in [1.82, 2.24) is 10.0 Å². The van der Waals surface area contributed by atoms with Gasteiger partial charge in [0.15, 0.2) is 0 Å². The molecule has 1 unspecified atom stereocenters. The Balaban J connectivity index is 2.26. The Morgan fingerprint density at radius 2 is 2.35 bits per heavy atom. The van der Waals surface area contributed by atoms with E-state index in [0.717, 1.165) is 0 Å². The standard InChI is InChI=1S/C9H18N2O5S/c1-15-9(12)2-5-17(13,14)11-6-8-7-16-4-3-10-8/h8,10-11H,2-7H2,1H3. The van der Waals surface area contributed by atoms with Crippen LogP contribution in [0.5, 0.6) is 0 Å². The van der Waals surface area contributed by atoms with Crippen molar-refractivity contribution < 1.29 is 22.7 Å². The number of carbonyl (C=O) groups excluding carboxylic acids is 1. The zero-order valence-electron chi connectivity index (χ0n) is 9.77. The molecule has 17 heavy (non-hydrogen) atoms. The van der Waals surface area contributed by atoms with Crippen LogP contribution in [0.1, 0.15) is 6.42 Å². The second-order valence-corrected chi connectivity index (χ2v) is 5.65. The molecule has 0 aromatic rings. The number of carbonyl (C=O) groups is 1. The Kier molecular flexibility index (Phi) is 5.83. The maximum atomic E-state index is 11.5. The first-order valence-electron chi connectivity index (χ1n) is 5.39. The Morgan fingerprint density at radius 3 is 2.94 bits per heavy atom. The molecule has 1 rings (SSSR count). The summed E-state index contributed by atoms with van der Waals surface area (Å²) in [6, 6.07) is -0.0170. The van der Waals surface area contributed by atoms with Gasteiger partial charge in [-0.3, -0.25) is 4.79 Å². The molecular weight excluding hydrogens is 248 g/mol. The predicted molar refractivity (Wildman–Crippen MR) is 61.0 cm³/mol. The molecule has 0 aromatic carbocycles. The molecule has 0 spiro atoms. The van der Waals surface area contributed by atoms with Gasteiger partial charge in [-0.2, -0.15) is 0 Å². The summed E-state index contributed by atoms with van der Waals surface area (Å²) in [7, 11) is -2.20. The lowest BCUT2D eigenvalue weighted by molar-refractivity contribution is -0.140. The van der Waals surface area contributed by atoms with Crippen molar-refractivity contribution in [2.24, 2.45) is 0 Å². The minimum absolute atomic E-state index is 0.0170. The fourth-order valence-corrected chi connectivity index (χ4v) is 2.41. The van der Waals surface area contributed by atoms with Gasteiger partial charge in [-0.05, 0) is 0 Å². The van der Waals surface area contributed by atoms with E-state index < -0.39 is 16.0 Å². The number of ether oxygens (including phenoxy) is 2. The van der Waals surface area contributed by atoms with E-state index in [0.29, 0.717) is 19.8 Å². The SMILES string of the molecule is COC(=O)CCS(=O)(=O)NCC1COCCN1. The van der Waals surface area contributed by atoms with Crippen LogP contribution in [0.4, 0.5) is 0 Å². The van der Waals surface area contributed by atoms with Gasteiger partial charge in [0.1, 0.15) is 0 Å². The molecule has 1 aliphatic heterocycles. The molecule has 0 aliphatic carbocycles. The second-order valence-electron chi connectivity index (χ2n) is 3.72. The second kappa shape index (κ2) is 6.90. The molecule has 8 heteroatoms. The normalized spacial score (nSPS) is 21.1. The van der Waals surface area contributed by atoms with Crippen LogP contribution in [0.25, 0.3) is 0 Å². The summed E-state index contributed by atoms with van der Waals surface area (Å²) >= 11 is 0. The molecule has 0 bridgehead atoms. The zero-order valence-corrected chi connectivity index (χ0v) is 10.6. The number of hydrogen-bond acceptors (Lipinski definition) is 6. The number of morpholine rings is 1. The molecule has 100 valence electrons. The van der Waals surface area contributed by atoms with Crippen molar-refractivity contribution in [3.63, 3.8) is 0 Å². The van der Waals surface area contributed by atoms with Gasteiger partial charge in [0.2, 0.25) is 10.0 Å². The molecule has 1 aliphatic rings. The fourth-order valence-electron chi connectivity index (χ4n) is 1.37. The molecule has 0 radical (unpaired) electrons. The third kappa shape index (κ3) is 5.97. The number of rotatable bonds is 6. The summed E-state index contributed by atoms with van der Waals surface area (Å²) < 4.78 is 35.0. The van der Waals surface area contributed by atoms with E-state index in [9.17, 15) is 13.2 Å². The Morgan fingerprint density at radius 1 is 1.59 bits per heavy atom. The van der Waals surface area contributed by atoms with Gasteiger partial charge in [0.05, 0.1) is 32.5 Å². The van der Waals surface area contributed by atoms with Gasteiger partial charge in [-0.1, -0.05) is 0 Å². The van der Waals surface area contributed by atoms with Crippen molar-refractivity contribution in [3.8, 4) is 0 Å². The summed E-state index contributed by atoms with van der Waals surface area (Å²) in [6.07, 6.45) is -0.138. The molecule has 1 fully saturated rings. The lowest BCUT2D eigenvalue weighted by Crippen LogP contribution is -2.48. The molecule has 1 atom stereocenters. The van der Waals surface area contributed by atoms with Crippen LogP contribution in [0.3, 0.4) is 0 Å². The minimum Gasteiger partial charge on any atom is -0.469 e. The van der Waals surface area contributed by atoms with Crippen LogP contribution in [0.2, 0.25) is 0 Å². The monoisotopic (exact) mass is 266 g/mol. The highest BCUT2D eigenvalue weighted by atomic mass is 32.2. The molecule has 0 aromatic heterocycles. The third-order valence-corrected chi connectivity index (χ3v) is 3.70. The number of nitrogens with one attached hydrogen (secondary N) is 2. The highest BCUT2D eigenvalue weighted by molar-refractivity contribution is 7.89. The quantitative estimate of drug-likeness (QED) is 0.566. The minimum atomic E-state index is -3.43. The van der Waals surface area contributed by atoms with Crippen LogP contribution in [-0.2, 0) is 24.3 Å². The summed E-state index contributed by atoms with van der Waals surface area (Å²) in [5.74, 6) is -0.790. The first-order chi connectivity index (χ1) is 8.03. The van der Waals surface area contributed by atoms with Gasteiger partial charge >= 0.3 is 5.97 Å². The topological polar surface area (TPSA) is 93.7 Å². The lowest BCUT2D eigenvalue weighted by Gasteiger charge is -2.23. The van der Waals surface area contributed by atoms with Crippen molar-refractivity contribution in [3.05, 3.63) is 0 Å². The van der Waals surface area contributed by atoms with E-state index in [1.165, 1.54) is 7.11 Å². The highest BCUT2D eigenvalue weighted by Crippen LogP contribution is 1.95. The summed E-state index contributed by atoms with van der Waals surface area (Å²) in [6.45, 7) is 2.11.